The molecular formula is C12H13NO3S. The maximum absolute atomic E-state index is 11.9. The Kier molecular flexibility index (Phi) is 3.58. The average molecular weight is 251 g/mol. The maximum atomic E-state index is 11.9. The van der Waals surface area contributed by atoms with Crippen molar-refractivity contribution in [2.24, 2.45) is 0 Å². The SMILES string of the molecule is CCCCOC(=O)n1sc2ccccc2c1=O. The first-order valence-electron chi connectivity index (χ1n) is 5.52. The summed E-state index contributed by atoms with van der Waals surface area (Å²) in [6, 6.07) is 7.15. The molecule has 90 valence electrons. The van der Waals surface area contributed by atoms with Crippen molar-refractivity contribution < 1.29 is 9.53 Å². The highest BCUT2D eigenvalue weighted by Gasteiger charge is 2.14. The van der Waals surface area contributed by atoms with Crippen LogP contribution >= 0.6 is 11.5 Å². The number of rotatable bonds is 3. The highest BCUT2D eigenvalue weighted by molar-refractivity contribution is 7.14. The lowest BCUT2D eigenvalue weighted by Gasteiger charge is -2.01. The number of fused-ring (bicyclic) bond motifs is 1. The first-order valence-corrected chi connectivity index (χ1v) is 6.29. The fourth-order valence-corrected chi connectivity index (χ4v) is 2.35. The average Bonchev–Trinajstić information content (AvgIpc) is 2.68. The molecule has 0 amide bonds. The van der Waals surface area contributed by atoms with Gasteiger partial charge in [-0.1, -0.05) is 25.5 Å². The number of aromatic nitrogens is 1. The molecule has 1 aromatic carbocycles. The zero-order chi connectivity index (χ0) is 12.3. The molecule has 0 bridgehead atoms. The smallest absolute Gasteiger partial charge is 0.430 e. The first kappa shape index (κ1) is 11.9. The summed E-state index contributed by atoms with van der Waals surface area (Å²) in [6.45, 7) is 2.37. The van der Waals surface area contributed by atoms with Crippen molar-refractivity contribution in [1.82, 2.24) is 3.96 Å². The van der Waals surface area contributed by atoms with Crippen LogP contribution in [0, 0.1) is 0 Å². The van der Waals surface area contributed by atoms with Crippen LogP contribution in [0.1, 0.15) is 19.8 Å². The molecule has 0 N–H and O–H groups in total. The van der Waals surface area contributed by atoms with Crippen LogP contribution in [0.2, 0.25) is 0 Å². The molecule has 0 saturated carbocycles. The summed E-state index contributed by atoms with van der Waals surface area (Å²) in [6.07, 6.45) is 1.18. The molecule has 0 spiro atoms. The second-order valence-corrected chi connectivity index (χ2v) is 4.64. The van der Waals surface area contributed by atoms with Gasteiger partial charge in [0.2, 0.25) is 0 Å². The normalized spacial score (nSPS) is 10.6. The molecule has 0 aliphatic rings. The van der Waals surface area contributed by atoms with E-state index in [0.29, 0.717) is 12.0 Å². The third-order valence-corrected chi connectivity index (χ3v) is 3.43. The van der Waals surface area contributed by atoms with Gasteiger partial charge >= 0.3 is 6.09 Å². The van der Waals surface area contributed by atoms with Crippen molar-refractivity contribution >= 4 is 27.7 Å². The molecule has 4 nitrogen and oxygen atoms in total. The number of benzene rings is 1. The van der Waals surface area contributed by atoms with Crippen LogP contribution in [0.3, 0.4) is 0 Å². The van der Waals surface area contributed by atoms with Gasteiger partial charge in [0.25, 0.3) is 5.56 Å². The number of carbonyl (C=O) groups is 1. The zero-order valence-corrected chi connectivity index (χ0v) is 10.3. The number of ether oxygens (including phenoxy) is 1. The topological polar surface area (TPSA) is 48.3 Å². The minimum absolute atomic E-state index is 0.299. The second kappa shape index (κ2) is 5.14. The van der Waals surface area contributed by atoms with E-state index in [1.54, 1.807) is 12.1 Å². The van der Waals surface area contributed by atoms with Crippen LogP contribution in [0.5, 0.6) is 0 Å². The number of nitrogens with zero attached hydrogens (tertiary/aromatic N) is 1. The van der Waals surface area contributed by atoms with E-state index in [2.05, 4.69) is 0 Å². The molecular weight excluding hydrogens is 238 g/mol. The number of unbranched alkanes of at least 4 members (excludes halogenated alkanes) is 1. The van der Waals surface area contributed by atoms with E-state index in [1.807, 2.05) is 19.1 Å². The van der Waals surface area contributed by atoms with Crippen molar-refractivity contribution in [1.29, 1.82) is 0 Å². The Labute approximate surface area is 103 Å². The van der Waals surface area contributed by atoms with Gasteiger partial charge in [0, 0.05) is 0 Å². The second-order valence-electron chi connectivity index (χ2n) is 3.65. The summed E-state index contributed by atoms with van der Waals surface area (Å²) in [5.74, 6) is 0. The minimum Gasteiger partial charge on any atom is -0.448 e. The molecule has 0 atom stereocenters. The Morgan fingerprint density at radius 3 is 2.88 bits per heavy atom. The van der Waals surface area contributed by atoms with E-state index in [4.69, 9.17) is 4.74 Å². The Morgan fingerprint density at radius 2 is 2.18 bits per heavy atom. The van der Waals surface area contributed by atoms with Gasteiger partial charge in [0.15, 0.2) is 0 Å². The third-order valence-electron chi connectivity index (χ3n) is 2.38. The van der Waals surface area contributed by atoms with Crippen molar-refractivity contribution in [3.05, 3.63) is 34.6 Å². The van der Waals surface area contributed by atoms with Gasteiger partial charge in [0.1, 0.15) is 0 Å². The maximum Gasteiger partial charge on any atom is 0.430 e. The molecule has 0 fully saturated rings. The first-order chi connectivity index (χ1) is 8.24. The van der Waals surface area contributed by atoms with Crippen LogP contribution < -0.4 is 5.56 Å². The highest BCUT2D eigenvalue weighted by Crippen LogP contribution is 2.15. The van der Waals surface area contributed by atoms with Crippen LogP contribution in [0.25, 0.3) is 10.1 Å². The van der Waals surface area contributed by atoms with Gasteiger partial charge in [-0.25, -0.2) is 4.79 Å². The van der Waals surface area contributed by atoms with Crippen LogP contribution in [-0.4, -0.2) is 16.7 Å². The molecule has 0 saturated heterocycles. The van der Waals surface area contributed by atoms with Gasteiger partial charge in [-0.15, -0.1) is 0 Å². The number of carbonyl (C=O) groups excluding carboxylic acids is 1. The molecule has 1 heterocycles. The molecule has 0 radical (unpaired) electrons. The third kappa shape index (κ3) is 2.39. The molecule has 1 aromatic heterocycles. The van der Waals surface area contributed by atoms with Crippen molar-refractivity contribution in [3.8, 4) is 0 Å². The fourth-order valence-electron chi connectivity index (χ4n) is 1.45. The Hall–Kier alpha value is -1.62. The highest BCUT2D eigenvalue weighted by atomic mass is 32.1. The van der Waals surface area contributed by atoms with Crippen LogP contribution in [0.15, 0.2) is 29.1 Å². The lowest BCUT2D eigenvalue weighted by molar-refractivity contribution is 0.148. The molecule has 17 heavy (non-hydrogen) atoms. The quantitative estimate of drug-likeness (QED) is 0.788. The Balaban J connectivity index is 2.27. The molecule has 5 heteroatoms. The predicted octanol–water partition coefficient (Wildman–Crippen LogP) is 2.85. The number of hydrogen-bond donors (Lipinski definition) is 0. The monoisotopic (exact) mass is 251 g/mol. The predicted molar refractivity (Wildman–Crippen MR) is 67.7 cm³/mol. The van der Waals surface area contributed by atoms with Crippen molar-refractivity contribution in [3.63, 3.8) is 0 Å². The lowest BCUT2D eigenvalue weighted by atomic mass is 10.3. The Bertz CT molecular complexity index is 585. The van der Waals surface area contributed by atoms with Crippen LogP contribution in [0.4, 0.5) is 4.79 Å². The fraction of sp³-hybridized carbons (Fsp3) is 0.333. The summed E-state index contributed by atoms with van der Waals surface area (Å²) in [4.78, 5) is 23.5. The van der Waals surface area contributed by atoms with Gasteiger partial charge in [0.05, 0.1) is 16.7 Å². The molecule has 0 aliphatic carbocycles. The number of hydrogen-bond acceptors (Lipinski definition) is 4. The summed E-state index contributed by atoms with van der Waals surface area (Å²) in [7, 11) is 0. The van der Waals surface area contributed by atoms with Gasteiger partial charge in [-0.05, 0) is 30.1 Å². The van der Waals surface area contributed by atoms with E-state index in [-0.39, 0.29) is 5.56 Å². The Morgan fingerprint density at radius 1 is 1.41 bits per heavy atom. The van der Waals surface area contributed by atoms with E-state index < -0.39 is 6.09 Å². The van der Waals surface area contributed by atoms with Crippen molar-refractivity contribution in [2.45, 2.75) is 19.8 Å². The van der Waals surface area contributed by atoms with E-state index >= 15 is 0 Å². The van der Waals surface area contributed by atoms with Gasteiger partial charge in [-0.2, -0.15) is 3.96 Å². The molecule has 2 rings (SSSR count). The van der Waals surface area contributed by atoms with Gasteiger partial charge < -0.3 is 4.74 Å². The summed E-state index contributed by atoms with van der Waals surface area (Å²) < 4.78 is 6.88. The van der Waals surface area contributed by atoms with Gasteiger partial charge in [-0.3, -0.25) is 4.79 Å². The standard InChI is InChI=1S/C12H13NO3S/c1-2-3-8-16-12(15)13-11(14)9-6-4-5-7-10(9)17-13/h4-7H,2-3,8H2,1H3. The minimum atomic E-state index is -0.579. The van der Waals surface area contributed by atoms with E-state index in [1.165, 1.54) is 0 Å². The summed E-state index contributed by atoms with van der Waals surface area (Å²) in [5, 5.41) is 0.560. The summed E-state index contributed by atoms with van der Waals surface area (Å²) in [5.41, 5.74) is -0.299. The molecule has 0 unspecified atom stereocenters. The zero-order valence-electron chi connectivity index (χ0n) is 9.51. The summed E-state index contributed by atoms with van der Waals surface area (Å²) >= 11 is 1.12. The molecule has 0 aliphatic heterocycles. The van der Waals surface area contributed by atoms with Crippen molar-refractivity contribution in [2.75, 3.05) is 6.61 Å². The lowest BCUT2D eigenvalue weighted by Crippen LogP contribution is -2.22. The van der Waals surface area contributed by atoms with E-state index in [0.717, 1.165) is 33.0 Å². The largest absolute Gasteiger partial charge is 0.448 e. The van der Waals surface area contributed by atoms with Crippen LogP contribution in [-0.2, 0) is 4.74 Å². The molecule has 2 aromatic rings. The van der Waals surface area contributed by atoms with E-state index in [9.17, 15) is 9.59 Å².